The van der Waals surface area contributed by atoms with Crippen molar-refractivity contribution in [2.45, 2.75) is 44.6 Å². The molecule has 0 saturated heterocycles. The molecular formula is C26H27FN4OS. The molecular weight excluding hydrogens is 435 g/mol. The molecule has 1 fully saturated rings. The van der Waals surface area contributed by atoms with Crippen molar-refractivity contribution >= 4 is 27.4 Å². The summed E-state index contributed by atoms with van der Waals surface area (Å²) in [7, 11) is 1.66. The third-order valence-corrected chi connectivity index (χ3v) is 7.67. The smallest absolute Gasteiger partial charge is 0.206 e. The van der Waals surface area contributed by atoms with E-state index in [-0.39, 0.29) is 5.82 Å². The molecule has 2 aromatic heterocycles. The number of rotatable bonds is 6. The molecule has 0 aliphatic heterocycles. The molecule has 1 atom stereocenters. The molecule has 0 amide bonds. The van der Waals surface area contributed by atoms with Crippen molar-refractivity contribution in [3.05, 3.63) is 66.1 Å². The third-order valence-electron chi connectivity index (χ3n) is 6.77. The fourth-order valence-corrected chi connectivity index (χ4v) is 5.72. The summed E-state index contributed by atoms with van der Waals surface area (Å²) in [6.07, 6.45) is 6.30. The van der Waals surface area contributed by atoms with Gasteiger partial charge in [-0.2, -0.15) is 0 Å². The first-order chi connectivity index (χ1) is 16.1. The Morgan fingerprint density at radius 2 is 1.82 bits per heavy atom. The Labute approximate surface area is 197 Å². The minimum Gasteiger partial charge on any atom is -0.497 e. The summed E-state index contributed by atoms with van der Waals surface area (Å²) in [5.74, 6) is 1.65. The van der Waals surface area contributed by atoms with Crippen LogP contribution < -0.4 is 10.1 Å². The second-order valence-corrected chi connectivity index (χ2v) is 9.72. The molecule has 2 heterocycles. The topological polar surface area (TPSA) is 59.9 Å². The molecule has 4 aromatic rings. The lowest BCUT2D eigenvalue weighted by molar-refractivity contribution is 0.302. The van der Waals surface area contributed by atoms with Crippen LogP contribution in [0.3, 0.4) is 0 Å². The van der Waals surface area contributed by atoms with E-state index in [1.807, 2.05) is 30.5 Å². The van der Waals surface area contributed by atoms with E-state index in [2.05, 4.69) is 33.5 Å². The molecule has 0 radical (unpaired) electrons. The SMILES string of the molecule is COc1ccc(-c2nnc(N[C@H](C)C3CCC(c4ccnc5ccc(F)cc45)CC3)s2)cc1. The van der Waals surface area contributed by atoms with E-state index >= 15 is 0 Å². The molecule has 1 aliphatic rings. The molecule has 0 spiro atoms. The first-order valence-corrected chi connectivity index (χ1v) is 12.2. The molecule has 7 heteroatoms. The Kier molecular flexibility index (Phi) is 6.22. The van der Waals surface area contributed by atoms with Crippen molar-refractivity contribution in [3.63, 3.8) is 0 Å². The molecule has 0 bridgehead atoms. The lowest BCUT2D eigenvalue weighted by Crippen LogP contribution is -2.29. The van der Waals surface area contributed by atoms with Gasteiger partial charge in [0.05, 0.1) is 12.6 Å². The minimum absolute atomic E-state index is 0.200. The van der Waals surface area contributed by atoms with Crippen molar-refractivity contribution in [1.82, 2.24) is 15.2 Å². The third kappa shape index (κ3) is 4.69. The van der Waals surface area contributed by atoms with Crippen LogP contribution in [0.5, 0.6) is 5.75 Å². The van der Waals surface area contributed by atoms with Crippen LogP contribution in [0.25, 0.3) is 21.5 Å². The molecule has 5 nitrogen and oxygen atoms in total. The Balaban J connectivity index is 1.21. The van der Waals surface area contributed by atoms with Crippen LogP contribution in [0.1, 0.15) is 44.1 Å². The first-order valence-electron chi connectivity index (χ1n) is 11.4. The van der Waals surface area contributed by atoms with Gasteiger partial charge in [0.2, 0.25) is 5.13 Å². The van der Waals surface area contributed by atoms with Gasteiger partial charge in [0.1, 0.15) is 16.6 Å². The van der Waals surface area contributed by atoms with E-state index in [0.29, 0.717) is 17.9 Å². The van der Waals surface area contributed by atoms with E-state index < -0.39 is 0 Å². The van der Waals surface area contributed by atoms with Gasteiger partial charge < -0.3 is 10.1 Å². The first kappa shape index (κ1) is 21.8. The molecule has 0 unspecified atom stereocenters. The second-order valence-electron chi connectivity index (χ2n) is 8.75. The molecule has 33 heavy (non-hydrogen) atoms. The van der Waals surface area contributed by atoms with Crippen LogP contribution in [0.2, 0.25) is 0 Å². The Bertz CT molecular complexity index is 1230. The number of halogens is 1. The largest absolute Gasteiger partial charge is 0.497 e. The number of nitrogens with zero attached hydrogens (tertiary/aromatic N) is 3. The zero-order chi connectivity index (χ0) is 22.8. The number of methoxy groups -OCH3 is 1. The normalized spacial score (nSPS) is 19.4. The van der Waals surface area contributed by atoms with E-state index in [0.717, 1.165) is 58.0 Å². The average Bonchev–Trinajstić information content (AvgIpc) is 3.32. The number of nitrogens with one attached hydrogen (secondary N) is 1. The summed E-state index contributed by atoms with van der Waals surface area (Å²) in [6.45, 7) is 2.23. The average molecular weight is 463 g/mol. The van der Waals surface area contributed by atoms with Crippen molar-refractivity contribution in [2.24, 2.45) is 5.92 Å². The summed E-state index contributed by atoms with van der Waals surface area (Å²) in [6, 6.07) is 15.1. The van der Waals surface area contributed by atoms with Crippen molar-refractivity contribution in [1.29, 1.82) is 0 Å². The van der Waals surface area contributed by atoms with Crippen LogP contribution in [0.15, 0.2) is 54.7 Å². The highest BCUT2D eigenvalue weighted by Crippen LogP contribution is 2.40. The van der Waals surface area contributed by atoms with E-state index in [1.54, 1.807) is 30.6 Å². The quantitative estimate of drug-likeness (QED) is 0.346. The number of fused-ring (bicyclic) bond motifs is 1. The van der Waals surface area contributed by atoms with Crippen molar-refractivity contribution in [3.8, 4) is 16.3 Å². The van der Waals surface area contributed by atoms with Gasteiger partial charge in [-0.05, 0) is 98.5 Å². The van der Waals surface area contributed by atoms with Gasteiger partial charge in [-0.15, -0.1) is 10.2 Å². The number of anilines is 1. The number of benzene rings is 2. The summed E-state index contributed by atoms with van der Waals surface area (Å²) < 4.78 is 19.1. The maximum Gasteiger partial charge on any atom is 0.206 e. The minimum atomic E-state index is -0.200. The fourth-order valence-electron chi connectivity index (χ4n) is 4.87. The van der Waals surface area contributed by atoms with Gasteiger partial charge >= 0.3 is 0 Å². The second kappa shape index (κ2) is 9.43. The maximum atomic E-state index is 13.9. The Morgan fingerprint density at radius 1 is 1.03 bits per heavy atom. The summed E-state index contributed by atoms with van der Waals surface area (Å²) in [4.78, 5) is 4.41. The molecule has 1 aliphatic carbocycles. The molecule has 1 saturated carbocycles. The highest BCUT2D eigenvalue weighted by Gasteiger charge is 2.27. The number of ether oxygens (including phenoxy) is 1. The Morgan fingerprint density at radius 3 is 2.58 bits per heavy atom. The maximum absolute atomic E-state index is 13.9. The predicted octanol–water partition coefficient (Wildman–Crippen LogP) is 6.68. The lowest BCUT2D eigenvalue weighted by atomic mass is 9.75. The number of hydrogen-bond acceptors (Lipinski definition) is 6. The number of pyridine rings is 1. The van der Waals surface area contributed by atoms with E-state index in [9.17, 15) is 4.39 Å². The van der Waals surface area contributed by atoms with Gasteiger partial charge in [0.15, 0.2) is 0 Å². The van der Waals surface area contributed by atoms with Crippen LogP contribution in [-0.2, 0) is 0 Å². The predicted molar refractivity (Wildman–Crippen MR) is 131 cm³/mol. The van der Waals surface area contributed by atoms with E-state index in [4.69, 9.17) is 4.74 Å². The molecule has 1 N–H and O–H groups in total. The highest BCUT2D eigenvalue weighted by molar-refractivity contribution is 7.18. The molecule has 5 rings (SSSR count). The van der Waals surface area contributed by atoms with Gasteiger partial charge in [-0.25, -0.2) is 4.39 Å². The zero-order valence-corrected chi connectivity index (χ0v) is 19.6. The highest BCUT2D eigenvalue weighted by atomic mass is 32.1. The van der Waals surface area contributed by atoms with Crippen LogP contribution in [0.4, 0.5) is 9.52 Å². The van der Waals surface area contributed by atoms with Crippen molar-refractivity contribution in [2.75, 3.05) is 12.4 Å². The van der Waals surface area contributed by atoms with Gasteiger partial charge in [-0.1, -0.05) is 11.3 Å². The van der Waals surface area contributed by atoms with Gasteiger partial charge in [0, 0.05) is 23.2 Å². The van der Waals surface area contributed by atoms with Gasteiger partial charge in [-0.3, -0.25) is 4.98 Å². The van der Waals surface area contributed by atoms with E-state index in [1.165, 1.54) is 11.6 Å². The monoisotopic (exact) mass is 462 g/mol. The lowest BCUT2D eigenvalue weighted by Gasteiger charge is -2.33. The zero-order valence-electron chi connectivity index (χ0n) is 18.8. The fraction of sp³-hybridized carbons (Fsp3) is 0.346. The molecule has 170 valence electrons. The van der Waals surface area contributed by atoms with Crippen LogP contribution in [0, 0.1) is 11.7 Å². The molecule has 2 aromatic carbocycles. The number of aromatic nitrogens is 3. The summed E-state index contributed by atoms with van der Waals surface area (Å²) >= 11 is 1.58. The van der Waals surface area contributed by atoms with Crippen LogP contribution >= 0.6 is 11.3 Å². The van der Waals surface area contributed by atoms with Crippen LogP contribution in [-0.4, -0.2) is 28.3 Å². The summed E-state index contributed by atoms with van der Waals surface area (Å²) in [5, 5.41) is 15.0. The van der Waals surface area contributed by atoms with Gasteiger partial charge in [0.25, 0.3) is 0 Å². The van der Waals surface area contributed by atoms with Crippen molar-refractivity contribution < 1.29 is 9.13 Å². The summed E-state index contributed by atoms with van der Waals surface area (Å²) in [5.41, 5.74) is 3.14. The Hall–Kier alpha value is -3.06. The standard InChI is InChI=1S/C26H27FN4OS/c1-16(29-26-31-30-25(33-26)19-7-10-21(32-2)11-8-19)17-3-5-18(6-4-17)22-13-14-28-24-12-9-20(27)15-23(22)24/h7-18H,3-6H2,1-2H3,(H,29,31)/t16-,17?,18?/m1/s1. The number of hydrogen-bond donors (Lipinski definition) is 1.